The standard InChI is InChI=1S/C20H15NOS.2C19H13NOS.2Zn/c1-22-18-10-6-5-9-16(18)20-21-17-12-11-15(13-19(17)23-20)14-7-3-2-4-8-14;2*21-17-9-5-4-8-15(17)19-20-16-11-10-14(12-18(16)22-19)13-6-2-1-3-7-13;;/h2-13H,1H3;2*1-12,21H;;. The molecule has 0 bridgehead atoms. The fourth-order valence-electron chi connectivity index (χ4n) is 7.68. The Morgan fingerprint density at radius 1 is 0.333 bits per heavy atom. The number of fused-ring (bicyclic) bond motifs is 3. The minimum absolute atomic E-state index is 0. The maximum atomic E-state index is 9.99. The fourth-order valence-corrected chi connectivity index (χ4v) is 10.8. The third-order valence-corrected chi connectivity index (χ3v) is 14.2. The number of para-hydroxylation sites is 3. The van der Waals surface area contributed by atoms with Gasteiger partial charge >= 0.3 is 0 Å². The van der Waals surface area contributed by atoms with Crippen LogP contribution in [0.5, 0.6) is 17.2 Å². The van der Waals surface area contributed by atoms with Crippen LogP contribution in [0, 0.1) is 0 Å². The van der Waals surface area contributed by atoms with Gasteiger partial charge in [0.1, 0.15) is 32.3 Å². The summed E-state index contributed by atoms with van der Waals surface area (Å²) in [5.74, 6) is 1.39. The maximum absolute atomic E-state index is 9.99. The Labute approximate surface area is 437 Å². The van der Waals surface area contributed by atoms with Crippen LogP contribution in [0.4, 0.5) is 0 Å². The van der Waals surface area contributed by atoms with E-state index in [1.165, 1.54) is 38.1 Å². The van der Waals surface area contributed by atoms with Gasteiger partial charge in [-0.25, -0.2) is 15.0 Å². The Hall–Kier alpha value is -6.70. The molecule has 0 aliphatic carbocycles. The topological polar surface area (TPSA) is 88.4 Å². The molecule has 0 fully saturated rings. The summed E-state index contributed by atoms with van der Waals surface area (Å²) in [6, 6.07) is 72.7. The number of methoxy groups -OCH3 is 1. The van der Waals surface area contributed by atoms with Crippen LogP contribution in [0.15, 0.2) is 218 Å². The van der Waals surface area contributed by atoms with Crippen LogP contribution < -0.4 is 4.74 Å². The number of rotatable bonds is 7. The van der Waals surface area contributed by atoms with E-state index in [0.717, 1.165) is 63.4 Å². The zero-order valence-corrected chi connectivity index (χ0v) is 46.0. The predicted octanol–water partition coefficient (Wildman–Crippen LogP) is 16.3. The molecule has 0 saturated heterocycles. The van der Waals surface area contributed by atoms with Crippen molar-refractivity contribution in [2.45, 2.75) is 0 Å². The van der Waals surface area contributed by atoms with Gasteiger partial charge in [-0.2, -0.15) is 0 Å². The summed E-state index contributed by atoms with van der Waals surface area (Å²) in [6.45, 7) is 0. The van der Waals surface area contributed by atoms with Crippen LogP contribution in [0.2, 0.25) is 0 Å². The minimum atomic E-state index is 0. The van der Waals surface area contributed by atoms with Crippen molar-refractivity contribution in [3.05, 3.63) is 218 Å². The monoisotopic (exact) mass is 1050 g/mol. The molecule has 12 rings (SSSR count). The molecule has 0 unspecified atom stereocenters. The van der Waals surface area contributed by atoms with Gasteiger partial charge in [0, 0.05) is 39.0 Å². The zero-order chi connectivity index (χ0) is 45.5. The summed E-state index contributed by atoms with van der Waals surface area (Å²) in [5.41, 5.74) is 12.7. The van der Waals surface area contributed by atoms with Crippen LogP contribution in [-0.2, 0) is 39.0 Å². The van der Waals surface area contributed by atoms with E-state index in [4.69, 9.17) is 9.72 Å². The molecule has 12 aromatic rings. The first-order valence-corrected chi connectivity index (χ1v) is 24.0. The number of aromatic hydroxyl groups is 2. The number of hydrogen-bond donors (Lipinski definition) is 2. The van der Waals surface area contributed by atoms with Crippen LogP contribution >= 0.6 is 34.0 Å². The van der Waals surface area contributed by atoms with E-state index in [1.54, 1.807) is 53.3 Å². The first-order chi connectivity index (χ1) is 33.0. The van der Waals surface area contributed by atoms with Gasteiger partial charge in [-0.1, -0.05) is 146 Å². The van der Waals surface area contributed by atoms with Gasteiger partial charge in [-0.15, -0.1) is 34.0 Å². The molecule has 0 atom stereocenters. The second-order valence-corrected chi connectivity index (χ2v) is 18.5. The van der Waals surface area contributed by atoms with Gasteiger partial charge in [0.2, 0.25) is 0 Å². The van der Waals surface area contributed by atoms with Crippen molar-refractivity contribution in [1.29, 1.82) is 0 Å². The molecular formula is C58H41N3O3S3Zn2. The number of thiazole rings is 3. The molecule has 0 radical (unpaired) electrons. The Bertz CT molecular complexity index is 3460. The number of benzene rings is 9. The second-order valence-electron chi connectivity index (χ2n) is 15.4. The van der Waals surface area contributed by atoms with Gasteiger partial charge in [0.25, 0.3) is 0 Å². The number of phenolic OH excluding ortho intramolecular Hbond substituents is 2. The average molecular weight is 1050 g/mol. The Kier molecular flexibility index (Phi) is 16.0. The van der Waals surface area contributed by atoms with Gasteiger partial charge in [-0.3, -0.25) is 0 Å². The molecule has 11 heteroatoms. The molecule has 0 aliphatic rings. The van der Waals surface area contributed by atoms with E-state index < -0.39 is 0 Å². The van der Waals surface area contributed by atoms with Crippen LogP contribution in [0.25, 0.3) is 95.7 Å². The summed E-state index contributed by atoms with van der Waals surface area (Å²) in [6.07, 6.45) is 0. The third-order valence-electron chi connectivity index (χ3n) is 11.1. The first kappa shape index (κ1) is 48.7. The van der Waals surface area contributed by atoms with Gasteiger partial charge in [0.05, 0.1) is 54.5 Å². The van der Waals surface area contributed by atoms with Gasteiger partial charge < -0.3 is 14.9 Å². The van der Waals surface area contributed by atoms with Crippen LogP contribution in [0.1, 0.15) is 0 Å². The van der Waals surface area contributed by atoms with Crippen molar-refractivity contribution in [3.63, 3.8) is 0 Å². The second kappa shape index (κ2) is 22.6. The molecule has 0 amide bonds. The molecular weight excluding hydrogens is 1010 g/mol. The number of nitrogens with zero attached hydrogens (tertiary/aromatic N) is 3. The normalized spacial score (nSPS) is 10.6. The molecule has 9 aromatic carbocycles. The molecule has 2 N–H and O–H groups in total. The van der Waals surface area contributed by atoms with Crippen molar-refractivity contribution in [1.82, 2.24) is 15.0 Å². The number of hydrogen-bond acceptors (Lipinski definition) is 9. The molecule has 6 nitrogen and oxygen atoms in total. The first-order valence-electron chi connectivity index (χ1n) is 21.6. The van der Waals surface area contributed by atoms with E-state index >= 15 is 0 Å². The predicted molar refractivity (Wildman–Crippen MR) is 281 cm³/mol. The van der Waals surface area contributed by atoms with Crippen molar-refractivity contribution in [2.75, 3.05) is 7.11 Å². The van der Waals surface area contributed by atoms with Gasteiger partial charge in [0.15, 0.2) is 0 Å². The van der Waals surface area contributed by atoms with E-state index in [9.17, 15) is 10.2 Å². The van der Waals surface area contributed by atoms with E-state index in [1.807, 2.05) is 109 Å². The zero-order valence-electron chi connectivity index (χ0n) is 37.6. The molecule has 3 aromatic heterocycles. The maximum Gasteiger partial charge on any atom is 0.129 e. The summed E-state index contributed by atoms with van der Waals surface area (Å²) >= 11 is 4.90. The van der Waals surface area contributed by atoms with Crippen molar-refractivity contribution < 1.29 is 53.9 Å². The molecule has 0 aliphatic heterocycles. The summed E-state index contributed by atoms with van der Waals surface area (Å²) < 4.78 is 8.89. The fraction of sp³-hybridized carbons (Fsp3) is 0.0172. The Morgan fingerprint density at radius 3 is 0.986 bits per heavy atom. The number of ether oxygens (including phenoxy) is 1. The summed E-state index contributed by atoms with van der Waals surface area (Å²) in [4.78, 5) is 14.0. The van der Waals surface area contributed by atoms with Crippen molar-refractivity contribution in [2.24, 2.45) is 0 Å². The van der Waals surface area contributed by atoms with E-state index in [2.05, 4.69) is 107 Å². The van der Waals surface area contributed by atoms with Crippen LogP contribution in [-0.4, -0.2) is 32.3 Å². The summed E-state index contributed by atoms with van der Waals surface area (Å²) in [5, 5.41) is 22.7. The quantitative estimate of drug-likeness (QED) is 0.155. The smallest absolute Gasteiger partial charge is 0.129 e. The molecule has 328 valence electrons. The average Bonchev–Trinajstić information content (AvgIpc) is 4.14. The SMILES string of the molecule is COc1ccccc1-c1nc2ccc(-c3ccccc3)cc2s1.Oc1ccccc1-c1nc2ccc(-c3ccccc3)cc2s1.Oc1ccccc1-c1nc2ccc(-c3ccccc3)cc2s1.[Zn].[Zn]. The largest absolute Gasteiger partial charge is 0.507 e. The number of aromatic nitrogens is 3. The molecule has 3 heterocycles. The van der Waals surface area contributed by atoms with Gasteiger partial charge in [-0.05, 0) is 106 Å². The van der Waals surface area contributed by atoms with Crippen molar-refractivity contribution in [3.8, 4) is 82.3 Å². The Morgan fingerprint density at radius 2 is 0.638 bits per heavy atom. The molecule has 0 saturated carbocycles. The van der Waals surface area contributed by atoms with Crippen LogP contribution in [0.3, 0.4) is 0 Å². The molecule has 0 spiro atoms. The minimum Gasteiger partial charge on any atom is -0.507 e. The number of phenols is 2. The van der Waals surface area contributed by atoms with E-state index in [-0.39, 0.29) is 50.5 Å². The molecule has 69 heavy (non-hydrogen) atoms. The Balaban J connectivity index is 0.000000138. The van der Waals surface area contributed by atoms with E-state index in [0.29, 0.717) is 0 Å². The van der Waals surface area contributed by atoms with Crippen molar-refractivity contribution >= 4 is 64.7 Å². The third kappa shape index (κ3) is 11.1. The summed E-state index contributed by atoms with van der Waals surface area (Å²) in [7, 11) is 1.69.